The van der Waals surface area contributed by atoms with Crippen molar-refractivity contribution in [2.45, 2.75) is 0 Å². The van der Waals surface area contributed by atoms with Gasteiger partial charge < -0.3 is 27.2 Å². The van der Waals surface area contributed by atoms with Crippen molar-refractivity contribution >= 4 is 0 Å². The van der Waals surface area contributed by atoms with Crippen LogP contribution in [-0.4, -0.2) is 10.2 Å². The van der Waals surface area contributed by atoms with Crippen LogP contribution in [0.15, 0.2) is 24.3 Å². The van der Waals surface area contributed by atoms with E-state index in [9.17, 15) is 0 Å². The van der Waals surface area contributed by atoms with Gasteiger partial charge in [-0.15, -0.1) is 0 Å². The summed E-state index contributed by atoms with van der Waals surface area (Å²) >= 11 is 0. The number of aromatic hydroxyl groups is 2. The number of rotatable bonds is 0. The van der Waals surface area contributed by atoms with Crippen LogP contribution < -0.4 is 68.4 Å². The average molecular weight is 229 g/mol. The molecule has 0 radical (unpaired) electrons. The zero-order valence-electron chi connectivity index (χ0n) is 5.58. The Hall–Kier alpha value is 0.936. The van der Waals surface area contributed by atoms with Gasteiger partial charge >= 0.3 is 51.4 Å². The summed E-state index contributed by atoms with van der Waals surface area (Å²) in [7, 11) is 0. The van der Waals surface area contributed by atoms with Crippen LogP contribution in [0.3, 0.4) is 0 Å². The predicted molar refractivity (Wildman–Crippen MR) is 29.8 cm³/mol. The number of benzene rings is 1. The molecule has 0 bridgehead atoms. The standard InChI is InChI=1S/C6H6O2.BrH.K/c7-5-1-2-6(8)4-3-5;;/h1-4,7-8H;1H;/q;;+1/p-1. The Balaban J connectivity index is 0. The molecule has 0 amide bonds. The van der Waals surface area contributed by atoms with Gasteiger partial charge in [0.25, 0.3) is 0 Å². The number of hydrogen-bond acceptors (Lipinski definition) is 2. The van der Waals surface area contributed by atoms with Crippen LogP contribution in [0.1, 0.15) is 0 Å². The third kappa shape index (κ3) is 4.71. The average Bonchev–Trinajstić information content (AvgIpc) is 1.77. The van der Waals surface area contributed by atoms with Gasteiger partial charge in [0.15, 0.2) is 0 Å². The molecule has 4 heteroatoms. The summed E-state index contributed by atoms with van der Waals surface area (Å²) in [5.41, 5.74) is 0. The normalized spacial score (nSPS) is 7.20. The minimum Gasteiger partial charge on any atom is -1.00 e. The molecule has 0 aliphatic rings. The molecule has 0 aliphatic carbocycles. The summed E-state index contributed by atoms with van der Waals surface area (Å²) < 4.78 is 0. The van der Waals surface area contributed by atoms with E-state index in [0.29, 0.717) is 0 Å². The fourth-order valence-corrected chi connectivity index (χ4v) is 0.453. The Morgan fingerprint density at radius 1 is 0.800 bits per heavy atom. The summed E-state index contributed by atoms with van der Waals surface area (Å²) in [4.78, 5) is 0. The molecule has 0 spiro atoms. The maximum atomic E-state index is 8.65. The first kappa shape index (κ1) is 13.5. The summed E-state index contributed by atoms with van der Waals surface area (Å²) in [6.07, 6.45) is 0. The summed E-state index contributed by atoms with van der Waals surface area (Å²) in [6.45, 7) is 0. The van der Waals surface area contributed by atoms with Crippen LogP contribution in [0.2, 0.25) is 0 Å². The zero-order chi connectivity index (χ0) is 5.98. The second-order valence-electron chi connectivity index (χ2n) is 1.52. The molecule has 0 heterocycles. The van der Waals surface area contributed by atoms with Crippen molar-refractivity contribution in [3.8, 4) is 11.5 Å². The molecule has 0 fully saturated rings. The van der Waals surface area contributed by atoms with E-state index in [-0.39, 0.29) is 79.9 Å². The quantitative estimate of drug-likeness (QED) is 0.346. The van der Waals surface area contributed by atoms with E-state index in [1.165, 1.54) is 24.3 Å². The molecule has 2 nitrogen and oxygen atoms in total. The monoisotopic (exact) mass is 228 g/mol. The number of phenols is 2. The SMILES string of the molecule is Oc1ccc(O)cc1.[Br-].[K+]. The van der Waals surface area contributed by atoms with E-state index in [2.05, 4.69) is 0 Å². The van der Waals surface area contributed by atoms with Crippen molar-refractivity contribution in [1.82, 2.24) is 0 Å². The second kappa shape index (κ2) is 6.63. The van der Waals surface area contributed by atoms with Crippen molar-refractivity contribution < 1.29 is 78.6 Å². The van der Waals surface area contributed by atoms with Gasteiger partial charge in [0.2, 0.25) is 0 Å². The van der Waals surface area contributed by atoms with Crippen molar-refractivity contribution in [2.75, 3.05) is 0 Å². The molecular formula is C6H6BrKO2. The Bertz CT molecular complexity index is 155. The summed E-state index contributed by atoms with van der Waals surface area (Å²) in [5.74, 6) is 0.339. The smallest absolute Gasteiger partial charge is 1.00 e. The van der Waals surface area contributed by atoms with Crippen LogP contribution in [0.25, 0.3) is 0 Å². The van der Waals surface area contributed by atoms with Gasteiger partial charge in [0.1, 0.15) is 11.5 Å². The first-order valence-electron chi connectivity index (χ1n) is 2.27. The largest absolute Gasteiger partial charge is 1.00 e. The molecule has 1 rings (SSSR count). The van der Waals surface area contributed by atoms with E-state index >= 15 is 0 Å². The summed E-state index contributed by atoms with van der Waals surface area (Å²) in [6, 6.07) is 5.70. The molecule has 0 saturated carbocycles. The van der Waals surface area contributed by atoms with E-state index in [1.54, 1.807) is 0 Å². The van der Waals surface area contributed by atoms with Crippen LogP contribution in [0.4, 0.5) is 0 Å². The molecule has 0 unspecified atom stereocenters. The molecule has 0 saturated heterocycles. The van der Waals surface area contributed by atoms with E-state index in [4.69, 9.17) is 10.2 Å². The maximum Gasteiger partial charge on any atom is 1.00 e. The van der Waals surface area contributed by atoms with Crippen LogP contribution in [0, 0.1) is 0 Å². The van der Waals surface area contributed by atoms with Crippen LogP contribution >= 0.6 is 0 Å². The van der Waals surface area contributed by atoms with Gasteiger partial charge in [0, 0.05) is 0 Å². The summed E-state index contributed by atoms with van der Waals surface area (Å²) in [5, 5.41) is 17.3. The van der Waals surface area contributed by atoms with Crippen molar-refractivity contribution in [3.63, 3.8) is 0 Å². The molecular weight excluding hydrogens is 223 g/mol. The third-order valence-corrected chi connectivity index (χ3v) is 0.850. The van der Waals surface area contributed by atoms with E-state index in [0.717, 1.165) is 0 Å². The Labute approximate surface area is 112 Å². The van der Waals surface area contributed by atoms with Crippen molar-refractivity contribution in [3.05, 3.63) is 24.3 Å². The number of phenolic OH excluding ortho intramolecular Hbond substituents is 2. The molecule has 2 N–H and O–H groups in total. The minimum atomic E-state index is 0. The second-order valence-corrected chi connectivity index (χ2v) is 1.52. The molecule has 1 aromatic rings. The third-order valence-electron chi connectivity index (χ3n) is 0.850. The van der Waals surface area contributed by atoms with Gasteiger partial charge in [-0.25, -0.2) is 0 Å². The number of hydrogen-bond donors (Lipinski definition) is 2. The predicted octanol–water partition coefficient (Wildman–Crippen LogP) is -4.89. The fourth-order valence-electron chi connectivity index (χ4n) is 0.453. The van der Waals surface area contributed by atoms with Crippen molar-refractivity contribution in [2.24, 2.45) is 0 Å². The number of halogens is 1. The van der Waals surface area contributed by atoms with Crippen LogP contribution in [0.5, 0.6) is 11.5 Å². The van der Waals surface area contributed by atoms with E-state index < -0.39 is 0 Å². The van der Waals surface area contributed by atoms with Gasteiger partial charge in [0.05, 0.1) is 0 Å². The Morgan fingerprint density at radius 3 is 1.20 bits per heavy atom. The molecule has 1 aromatic carbocycles. The molecule has 0 aliphatic heterocycles. The van der Waals surface area contributed by atoms with Gasteiger partial charge in [-0.2, -0.15) is 0 Å². The van der Waals surface area contributed by atoms with Gasteiger partial charge in [-0.1, -0.05) is 0 Å². The maximum absolute atomic E-state index is 8.65. The fraction of sp³-hybridized carbons (Fsp3) is 0. The molecule has 0 aromatic heterocycles. The van der Waals surface area contributed by atoms with E-state index in [1.807, 2.05) is 0 Å². The molecule has 50 valence electrons. The first-order valence-corrected chi connectivity index (χ1v) is 2.27. The topological polar surface area (TPSA) is 40.5 Å². The molecule has 0 atom stereocenters. The van der Waals surface area contributed by atoms with Crippen LogP contribution in [-0.2, 0) is 0 Å². The zero-order valence-corrected chi connectivity index (χ0v) is 10.3. The Kier molecular flexibility index (Phi) is 8.97. The van der Waals surface area contributed by atoms with Crippen molar-refractivity contribution in [1.29, 1.82) is 0 Å². The Morgan fingerprint density at radius 2 is 1.00 bits per heavy atom. The minimum absolute atomic E-state index is 0. The first-order chi connectivity index (χ1) is 3.79. The molecule has 10 heavy (non-hydrogen) atoms. The van der Waals surface area contributed by atoms with Gasteiger partial charge in [-0.05, 0) is 24.3 Å². The van der Waals surface area contributed by atoms with Gasteiger partial charge in [-0.3, -0.25) is 0 Å².